The number of nitrogens with zero attached hydrogens (tertiary/aromatic N) is 1. The van der Waals surface area contributed by atoms with Crippen molar-refractivity contribution in [2.45, 2.75) is 225 Å². The lowest BCUT2D eigenvalue weighted by molar-refractivity contribution is -0.870. The van der Waals surface area contributed by atoms with Crippen LogP contribution in [0.2, 0.25) is 0 Å². The molecule has 0 fully saturated rings. The number of hydrogen-bond acceptors (Lipinski definition) is 5. The van der Waals surface area contributed by atoms with Crippen LogP contribution in [-0.4, -0.2) is 73.4 Å². The molecule has 0 aromatic heterocycles. The van der Waals surface area contributed by atoms with E-state index >= 15 is 0 Å². The first-order valence-corrected chi connectivity index (χ1v) is 28.0. The Hall–Kier alpha value is -2.32. The number of aliphatic hydroxyl groups excluding tert-OH is 1. The summed E-state index contributed by atoms with van der Waals surface area (Å²) in [5, 5.41) is 13.8. The molecule has 0 aliphatic heterocycles. The lowest BCUT2D eigenvalue weighted by Gasteiger charge is -2.25. The van der Waals surface area contributed by atoms with Gasteiger partial charge in [0.1, 0.15) is 13.2 Å². The Morgan fingerprint density at radius 1 is 0.538 bits per heavy atom. The smallest absolute Gasteiger partial charge is 0.387 e. The third kappa shape index (κ3) is 49.4. The van der Waals surface area contributed by atoms with Gasteiger partial charge in [-0.2, -0.15) is 0 Å². The molecule has 0 aliphatic carbocycles. The first kappa shape index (κ1) is 62.7. The molecular weight excluding hydrogens is 828 g/mol. The third-order valence-electron chi connectivity index (χ3n) is 11.3. The number of rotatable bonds is 47. The predicted molar refractivity (Wildman–Crippen MR) is 281 cm³/mol. The van der Waals surface area contributed by atoms with Crippen LogP contribution in [0.4, 0.5) is 0 Å². The summed E-state index contributed by atoms with van der Waals surface area (Å²) in [7, 11) is 1.54. The van der Waals surface area contributed by atoms with E-state index < -0.39 is 20.0 Å². The van der Waals surface area contributed by atoms with E-state index in [1.54, 1.807) is 6.08 Å². The van der Waals surface area contributed by atoms with E-state index in [0.29, 0.717) is 17.4 Å². The predicted octanol–water partition coefficient (Wildman–Crippen LogP) is 15.7. The summed E-state index contributed by atoms with van der Waals surface area (Å²) in [4.78, 5) is 23.2. The van der Waals surface area contributed by atoms with E-state index in [1.807, 2.05) is 27.2 Å². The highest BCUT2D eigenvalue weighted by molar-refractivity contribution is 7.47. The Bertz CT molecular complexity index is 1330. The zero-order chi connectivity index (χ0) is 47.8. The van der Waals surface area contributed by atoms with Gasteiger partial charge in [-0.1, -0.05) is 214 Å². The molecule has 376 valence electrons. The molecule has 0 aromatic carbocycles. The highest BCUT2D eigenvalue weighted by atomic mass is 31.2. The van der Waals surface area contributed by atoms with Gasteiger partial charge >= 0.3 is 7.82 Å². The molecule has 0 rings (SSSR count). The Labute approximate surface area is 401 Å². The topological polar surface area (TPSA) is 105 Å². The maximum absolute atomic E-state index is 12.9. The molecule has 0 saturated carbocycles. The van der Waals surface area contributed by atoms with Gasteiger partial charge in [-0.25, -0.2) is 4.57 Å². The third-order valence-corrected chi connectivity index (χ3v) is 12.3. The van der Waals surface area contributed by atoms with E-state index in [1.165, 1.54) is 116 Å². The fraction of sp³-hybridized carbons (Fsp3) is 0.732. The molecule has 0 heterocycles. The normalized spacial score (nSPS) is 14.8. The summed E-state index contributed by atoms with van der Waals surface area (Å²) >= 11 is 0. The second-order valence-corrected chi connectivity index (χ2v) is 20.3. The Morgan fingerprint density at radius 2 is 0.938 bits per heavy atom. The van der Waals surface area contributed by atoms with Gasteiger partial charge in [-0.05, 0) is 77.0 Å². The monoisotopic (exact) mass is 930 g/mol. The number of aliphatic hydroxyl groups is 1. The first-order chi connectivity index (χ1) is 31.5. The number of phosphoric ester groups is 1. The van der Waals surface area contributed by atoms with Gasteiger partial charge in [0, 0.05) is 6.42 Å². The lowest BCUT2D eigenvalue weighted by atomic mass is 10.0. The van der Waals surface area contributed by atoms with Crippen LogP contribution in [0.1, 0.15) is 213 Å². The molecule has 0 saturated heterocycles. The molecule has 3 N–H and O–H groups in total. The standard InChI is InChI=1S/C56H101N2O6P/c1-6-8-10-12-14-16-18-20-21-22-23-24-25-26-27-28-29-30-31-32-33-34-35-36-37-38-40-42-44-46-48-50-56(60)57-54(53-64-65(61,62)63-52-51-58(3,4)5)55(59)49-47-45-43-41-39-19-17-15-13-11-9-7-2/h8,10,13-16,20-21,23-24,39,41,47,49,54-55,59H,6-7,9,11-12,17-19,22,25-38,40,42-46,48,50-53H2,1-5H3,(H-,57,60,61,62)/p+1/b10-8-,15-13+,16-14-,21-20-,24-23-,41-39+,49-47+. The van der Waals surface area contributed by atoms with Crippen LogP contribution >= 0.6 is 7.82 Å². The van der Waals surface area contributed by atoms with Crippen molar-refractivity contribution in [3.05, 3.63) is 85.1 Å². The van der Waals surface area contributed by atoms with Crippen molar-refractivity contribution in [1.29, 1.82) is 0 Å². The fourth-order valence-corrected chi connectivity index (χ4v) is 7.90. The molecule has 3 unspecified atom stereocenters. The minimum Gasteiger partial charge on any atom is -0.387 e. The number of amides is 1. The van der Waals surface area contributed by atoms with Gasteiger partial charge in [-0.15, -0.1) is 0 Å². The fourth-order valence-electron chi connectivity index (χ4n) is 7.17. The number of hydrogen-bond donors (Lipinski definition) is 3. The molecule has 0 bridgehead atoms. The van der Waals surface area contributed by atoms with Crippen molar-refractivity contribution in [2.24, 2.45) is 0 Å². The van der Waals surface area contributed by atoms with Crippen molar-refractivity contribution >= 4 is 13.7 Å². The number of unbranched alkanes of at least 4 members (excludes halogenated alkanes) is 22. The van der Waals surface area contributed by atoms with Gasteiger partial charge in [0.15, 0.2) is 0 Å². The highest BCUT2D eigenvalue weighted by Gasteiger charge is 2.27. The molecule has 0 aromatic rings. The van der Waals surface area contributed by atoms with E-state index in [2.05, 4.69) is 92.1 Å². The van der Waals surface area contributed by atoms with Crippen LogP contribution in [0, 0.1) is 0 Å². The van der Waals surface area contributed by atoms with Crippen LogP contribution in [0.3, 0.4) is 0 Å². The van der Waals surface area contributed by atoms with Crippen molar-refractivity contribution in [3.63, 3.8) is 0 Å². The molecular formula is C56H102N2O6P+. The second-order valence-electron chi connectivity index (χ2n) is 18.8. The summed E-state index contributed by atoms with van der Waals surface area (Å²) in [6, 6.07) is -0.871. The van der Waals surface area contributed by atoms with Gasteiger partial charge in [0.05, 0.1) is 39.9 Å². The average Bonchev–Trinajstić information content (AvgIpc) is 3.26. The number of likely N-dealkylation sites (N-methyl/N-ethyl adjacent to an activating group) is 1. The number of quaternary nitrogens is 1. The SMILES string of the molecule is CC/C=C\C/C=C\C/C=C\C/C=C\CCCCCCCCCCCCCCCCCCCCC(=O)NC(COP(=O)(O)OCC[N+](C)(C)C)C(O)/C=C/CC/C=C/CC/C=C/CCCC. The molecule has 0 radical (unpaired) electrons. The van der Waals surface area contributed by atoms with E-state index in [-0.39, 0.29) is 19.1 Å². The molecule has 0 spiro atoms. The van der Waals surface area contributed by atoms with E-state index in [4.69, 9.17) is 9.05 Å². The van der Waals surface area contributed by atoms with Gasteiger partial charge < -0.3 is 19.8 Å². The van der Waals surface area contributed by atoms with Crippen LogP contribution in [0.25, 0.3) is 0 Å². The second kappa shape index (κ2) is 46.8. The van der Waals surface area contributed by atoms with E-state index in [9.17, 15) is 19.4 Å². The molecule has 0 aliphatic rings. The zero-order valence-electron chi connectivity index (χ0n) is 42.7. The maximum Gasteiger partial charge on any atom is 0.472 e. The van der Waals surface area contributed by atoms with E-state index in [0.717, 1.165) is 77.0 Å². The Morgan fingerprint density at radius 3 is 1.42 bits per heavy atom. The molecule has 8 nitrogen and oxygen atoms in total. The Kier molecular flexibility index (Phi) is 45.1. The molecule has 3 atom stereocenters. The van der Waals surface area contributed by atoms with Crippen LogP contribution in [0.5, 0.6) is 0 Å². The van der Waals surface area contributed by atoms with Crippen molar-refractivity contribution in [2.75, 3.05) is 40.9 Å². The zero-order valence-corrected chi connectivity index (χ0v) is 43.6. The van der Waals surface area contributed by atoms with Gasteiger partial charge in [0.2, 0.25) is 5.91 Å². The molecule has 9 heteroatoms. The number of allylic oxidation sites excluding steroid dienone is 13. The number of carbonyl (C=O) groups excluding carboxylic acids is 1. The minimum absolute atomic E-state index is 0.0511. The highest BCUT2D eigenvalue weighted by Crippen LogP contribution is 2.43. The number of phosphoric acid groups is 1. The minimum atomic E-state index is -4.35. The van der Waals surface area contributed by atoms with Gasteiger partial charge in [0.25, 0.3) is 0 Å². The van der Waals surface area contributed by atoms with Crippen molar-refractivity contribution in [1.82, 2.24) is 5.32 Å². The van der Waals surface area contributed by atoms with Crippen LogP contribution in [0.15, 0.2) is 85.1 Å². The summed E-state index contributed by atoms with van der Waals surface area (Å²) in [5.74, 6) is -0.194. The van der Waals surface area contributed by atoms with Crippen molar-refractivity contribution in [3.8, 4) is 0 Å². The van der Waals surface area contributed by atoms with Crippen LogP contribution in [-0.2, 0) is 18.4 Å². The van der Waals surface area contributed by atoms with Crippen LogP contribution < -0.4 is 5.32 Å². The first-order valence-electron chi connectivity index (χ1n) is 26.5. The summed E-state index contributed by atoms with van der Waals surface area (Å²) in [6.07, 6.45) is 65.5. The summed E-state index contributed by atoms with van der Waals surface area (Å²) in [5.41, 5.74) is 0. The average molecular weight is 930 g/mol. The molecule has 65 heavy (non-hydrogen) atoms. The lowest BCUT2D eigenvalue weighted by Crippen LogP contribution is -2.45. The summed E-state index contributed by atoms with van der Waals surface area (Å²) in [6.45, 7) is 4.62. The quantitative estimate of drug-likeness (QED) is 0.0243. The maximum atomic E-state index is 12.9. The number of nitrogens with one attached hydrogen (secondary N) is 1. The van der Waals surface area contributed by atoms with Gasteiger partial charge in [-0.3, -0.25) is 13.8 Å². The summed E-state index contributed by atoms with van der Waals surface area (Å²) < 4.78 is 23.6. The van der Waals surface area contributed by atoms with Crippen molar-refractivity contribution < 1.29 is 32.9 Å². The Balaban J connectivity index is 4.09. The molecule has 1 amide bonds. The number of carbonyl (C=O) groups is 1. The largest absolute Gasteiger partial charge is 0.472 e.